The van der Waals surface area contributed by atoms with Crippen molar-refractivity contribution < 1.29 is 28.9 Å². The van der Waals surface area contributed by atoms with Gasteiger partial charge in [-0.1, -0.05) is 18.2 Å². The Morgan fingerprint density at radius 1 is 1.35 bits per heavy atom. The minimum Gasteiger partial charge on any atom is -0.480 e. The zero-order chi connectivity index (χ0) is 15.2. The van der Waals surface area contributed by atoms with E-state index in [4.69, 9.17) is 5.11 Å². The number of rotatable bonds is 7. The number of methoxy groups -OCH3 is 1. The molecule has 0 fully saturated rings. The lowest BCUT2D eigenvalue weighted by Gasteiger charge is -2.19. The summed E-state index contributed by atoms with van der Waals surface area (Å²) >= 11 is 0. The Hall–Kier alpha value is -1.69. The number of hydrogen-bond donors (Lipinski definition) is 3. The van der Waals surface area contributed by atoms with Gasteiger partial charge in [-0.3, -0.25) is 14.2 Å². The first kappa shape index (κ1) is 16.4. The molecule has 8 heteroatoms. The van der Waals surface area contributed by atoms with Crippen LogP contribution < -0.4 is 10.4 Å². The van der Waals surface area contributed by atoms with Crippen LogP contribution in [-0.2, 0) is 18.9 Å². The molecule has 0 bridgehead atoms. The first-order chi connectivity index (χ1) is 9.36. The summed E-state index contributed by atoms with van der Waals surface area (Å²) in [6.45, 7) is 0. The Kier molecular flexibility index (Phi) is 5.88. The molecule has 0 heterocycles. The van der Waals surface area contributed by atoms with Gasteiger partial charge >= 0.3 is 11.9 Å². The third-order valence-corrected chi connectivity index (χ3v) is 4.26. The smallest absolute Gasteiger partial charge is 0.321 e. The van der Waals surface area contributed by atoms with Crippen molar-refractivity contribution in [2.24, 2.45) is 0 Å². The maximum absolute atomic E-state index is 12.1. The summed E-state index contributed by atoms with van der Waals surface area (Å²) in [5, 5.41) is 11.3. The lowest BCUT2D eigenvalue weighted by Crippen LogP contribution is -2.37. The predicted octanol–water partition coefficient (Wildman–Crippen LogP) is 0.493. The number of esters is 1. The number of carbonyl (C=O) groups excluding carboxylic acids is 1. The number of aliphatic carboxylic acids is 1. The average Bonchev–Trinajstić information content (AvgIpc) is 2.43. The molecule has 0 aliphatic heterocycles. The third kappa shape index (κ3) is 4.77. The highest BCUT2D eigenvalue weighted by Crippen LogP contribution is 2.35. The molecule has 0 aromatic heterocycles. The molecule has 7 nitrogen and oxygen atoms in total. The van der Waals surface area contributed by atoms with Gasteiger partial charge in [0.2, 0.25) is 0 Å². The summed E-state index contributed by atoms with van der Waals surface area (Å²) < 4.78 is 16.5. The SMILES string of the molecule is COC(=O)CC[C@H](NP(=O)(O)c1ccccc1)C(=O)O. The van der Waals surface area contributed by atoms with Gasteiger partial charge in [-0.25, -0.2) is 5.09 Å². The predicted molar refractivity (Wildman–Crippen MR) is 71.7 cm³/mol. The molecule has 0 saturated heterocycles. The molecule has 0 amide bonds. The van der Waals surface area contributed by atoms with E-state index in [0.717, 1.165) is 0 Å². The molecule has 0 aliphatic carbocycles. The molecule has 1 unspecified atom stereocenters. The van der Waals surface area contributed by atoms with Gasteiger partial charge in [0.1, 0.15) is 6.04 Å². The first-order valence-electron chi connectivity index (χ1n) is 5.82. The normalized spacial score (nSPS) is 15.1. The van der Waals surface area contributed by atoms with E-state index >= 15 is 0 Å². The molecule has 20 heavy (non-hydrogen) atoms. The molecular weight excluding hydrogens is 285 g/mol. The van der Waals surface area contributed by atoms with Crippen LogP contribution in [-0.4, -0.2) is 35.1 Å². The van der Waals surface area contributed by atoms with E-state index in [1.165, 1.54) is 19.2 Å². The number of carboxylic acid groups (broad SMARTS) is 1. The zero-order valence-corrected chi connectivity index (χ0v) is 11.7. The molecular formula is C12H16NO6P. The number of carboxylic acids is 1. The molecule has 0 radical (unpaired) electrons. The molecule has 0 aliphatic rings. The van der Waals surface area contributed by atoms with Crippen LogP contribution in [0.4, 0.5) is 0 Å². The lowest BCUT2D eigenvalue weighted by molar-refractivity contribution is -0.142. The summed E-state index contributed by atoms with van der Waals surface area (Å²) in [4.78, 5) is 32.0. The maximum Gasteiger partial charge on any atom is 0.321 e. The largest absolute Gasteiger partial charge is 0.480 e. The van der Waals surface area contributed by atoms with Crippen LogP contribution in [0.3, 0.4) is 0 Å². The molecule has 0 saturated carbocycles. The second-order valence-electron chi connectivity index (χ2n) is 4.05. The minimum absolute atomic E-state index is 0.101. The van der Waals surface area contributed by atoms with Crippen molar-refractivity contribution in [3.63, 3.8) is 0 Å². The molecule has 2 atom stereocenters. The Labute approximate surface area is 116 Å². The van der Waals surface area contributed by atoms with Gasteiger partial charge in [0, 0.05) is 6.42 Å². The van der Waals surface area contributed by atoms with Crippen molar-refractivity contribution >= 4 is 24.8 Å². The summed E-state index contributed by atoms with van der Waals surface area (Å²) in [5.74, 6) is -1.88. The molecule has 110 valence electrons. The van der Waals surface area contributed by atoms with Gasteiger partial charge in [-0.2, -0.15) is 0 Å². The monoisotopic (exact) mass is 301 g/mol. The number of nitrogens with one attached hydrogen (secondary N) is 1. The van der Waals surface area contributed by atoms with E-state index in [0.29, 0.717) is 0 Å². The summed E-state index contributed by atoms with van der Waals surface area (Å²) in [6, 6.07) is 6.36. The van der Waals surface area contributed by atoms with E-state index in [9.17, 15) is 19.0 Å². The van der Waals surface area contributed by atoms with Gasteiger partial charge in [0.25, 0.3) is 7.52 Å². The van der Waals surface area contributed by atoms with Crippen molar-refractivity contribution in [3.05, 3.63) is 30.3 Å². The van der Waals surface area contributed by atoms with E-state index in [-0.39, 0.29) is 18.1 Å². The highest BCUT2D eigenvalue weighted by atomic mass is 31.2. The van der Waals surface area contributed by atoms with Crippen LogP contribution in [0.25, 0.3) is 0 Å². The highest BCUT2D eigenvalue weighted by Gasteiger charge is 2.29. The van der Waals surface area contributed by atoms with Crippen LogP contribution in [0, 0.1) is 0 Å². The van der Waals surface area contributed by atoms with Gasteiger partial charge < -0.3 is 14.7 Å². The van der Waals surface area contributed by atoms with E-state index in [2.05, 4.69) is 9.82 Å². The maximum atomic E-state index is 12.1. The van der Waals surface area contributed by atoms with Crippen LogP contribution in [0.5, 0.6) is 0 Å². The number of ether oxygens (including phenoxy) is 1. The van der Waals surface area contributed by atoms with Gasteiger partial charge in [-0.15, -0.1) is 0 Å². The topological polar surface area (TPSA) is 113 Å². The fourth-order valence-corrected chi connectivity index (χ4v) is 2.91. The first-order valence-corrected chi connectivity index (χ1v) is 7.48. The second kappa shape index (κ2) is 7.19. The van der Waals surface area contributed by atoms with Crippen LogP contribution >= 0.6 is 7.52 Å². The lowest BCUT2D eigenvalue weighted by atomic mass is 10.2. The van der Waals surface area contributed by atoms with E-state index in [1.54, 1.807) is 18.2 Å². The van der Waals surface area contributed by atoms with E-state index < -0.39 is 25.5 Å². The Bertz CT molecular complexity index is 518. The van der Waals surface area contributed by atoms with Crippen molar-refractivity contribution in [1.82, 2.24) is 5.09 Å². The fourth-order valence-electron chi connectivity index (χ4n) is 1.52. The van der Waals surface area contributed by atoms with Crippen LogP contribution in [0.2, 0.25) is 0 Å². The van der Waals surface area contributed by atoms with Crippen molar-refractivity contribution in [2.75, 3.05) is 7.11 Å². The number of carbonyl (C=O) groups is 2. The average molecular weight is 301 g/mol. The fraction of sp³-hybridized carbons (Fsp3) is 0.333. The summed E-state index contributed by atoms with van der Waals surface area (Å²) in [5.41, 5.74) is 0. The molecule has 1 aromatic carbocycles. The van der Waals surface area contributed by atoms with Gasteiger partial charge in [-0.05, 0) is 18.6 Å². The zero-order valence-electron chi connectivity index (χ0n) is 10.9. The van der Waals surface area contributed by atoms with Crippen molar-refractivity contribution in [2.45, 2.75) is 18.9 Å². The number of hydrogen-bond acceptors (Lipinski definition) is 4. The molecule has 0 spiro atoms. The van der Waals surface area contributed by atoms with Gasteiger partial charge in [0.05, 0.1) is 12.4 Å². The van der Waals surface area contributed by atoms with Crippen molar-refractivity contribution in [1.29, 1.82) is 0 Å². The highest BCUT2D eigenvalue weighted by molar-refractivity contribution is 7.64. The Morgan fingerprint density at radius 2 is 1.95 bits per heavy atom. The second-order valence-corrected chi connectivity index (χ2v) is 5.97. The quantitative estimate of drug-likeness (QED) is 0.496. The van der Waals surface area contributed by atoms with Crippen LogP contribution in [0.15, 0.2) is 30.3 Å². The molecule has 1 rings (SSSR count). The standard InChI is InChI=1S/C12H16NO6P/c1-19-11(14)8-7-10(12(15)16)13-20(17,18)9-5-3-2-4-6-9/h2-6,10H,7-8H2,1H3,(H,15,16)(H2,13,17,18)/t10-/m0/s1. The van der Waals surface area contributed by atoms with Gasteiger partial charge in [0.15, 0.2) is 0 Å². The molecule has 3 N–H and O–H groups in total. The molecule has 1 aromatic rings. The Morgan fingerprint density at radius 3 is 2.45 bits per heavy atom. The summed E-state index contributed by atoms with van der Waals surface area (Å²) in [7, 11) is -2.82. The minimum atomic E-state index is -4.01. The third-order valence-electron chi connectivity index (χ3n) is 2.60. The Balaban J connectivity index is 2.77. The van der Waals surface area contributed by atoms with E-state index in [1.807, 2.05) is 0 Å². The summed E-state index contributed by atoms with van der Waals surface area (Å²) in [6.07, 6.45) is -0.297. The van der Waals surface area contributed by atoms with Crippen molar-refractivity contribution in [3.8, 4) is 0 Å². The number of benzene rings is 1. The van der Waals surface area contributed by atoms with Crippen LogP contribution in [0.1, 0.15) is 12.8 Å².